The van der Waals surface area contributed by atoms with Gasteiger partial charge in [-0.1, -0.05) is 12.6 Å². The van der Waals surface area contributed by atoms with Crippen LogP contribution >= 0.6 is 0 Å². The summed E-state index contributed by atoms with van der Waals surface area (Å²) < 4.78 is 9.68. The first-order chi connectivity index (χ1) is 8.50. The van der Waals surface area contributed by atoms with E-state index in [0.29, 0.717) is 16.8 Å². The molecule has 0 amide bonds. The molecule has 0 aliphatic heterocycles. The molecule has 1 aromatic rings. The molecule has 18 heavy (non-hydrogen) atoms. The Bertz CT molecular complexity index is 468. The van der Waals surface area contributed by atoms with Crippen LogP contribution in [0.5, 0.6) is 0 Å². The highest BCUT2D eigenvalue weighted by atomic mass is 16.6. The van der Waals surface area contributed by atoms with E-state index in [2.05, 4.69) is 6.58 Å². The smallest absolute Gasteiger partial charge is 0.338 e. The molecule has 1 rings (SSSR count). The number of nitrogens with two attached hydrogens (primary N) is 1. The second-order valence-electron chi connectivity index (χ2n) is 3.68. The number of carbonyl (C=O) groups is 2. The first kappa shape index (κ1) is 13.8. The predicted molar refractivity (Wildman–Crippen MR) is 66.9 cm³/mol. The highest BCUT2D eigenvalue weighted by Gasteiger charge is 2.08. The van der Waals surface area contributed by atoms with Gasteiger partial charge in [-0.25, -0.2) is 9.59 Å². The number of ether oxygens (including phenoxy) is 2. The lowest BCUT2D eigenvalue weighted by atomic mass is 10.2. The van der Waals surface area contributed by atoms with Gasteiger partial charge in [0.1, 0.15) is 13.2 Å². The lowest BCUT2D eigenvalue weighted by Gasteiger charge is -2.06. The number of rotatable bonds is 5. The average molecular weight is 249 g/mol. The molecule has 5 heteroatoms. The number of carbonyl (C=O) groups excluding carboxylic acids is 2. The third kappa shape index (κ3) is 4.29. The molecule has 0 spiro atoms. The molecule has 0 fully saturated rings. The van der Waals surface area contributed by atoms with E-state index in [0.717, 1.165) is 0 Å². The Morgan fingerprint density at radius 1 is 1.28 bits per heavy atom. The van der Waals surface area contributed by atoms with Crippen LogP contribution in [0.1, 0.15) is 17.3 Å². The second kappa shape index (κ2) is 6.44. The normalized spacial score (nSPS) is 9.61. The second-order valence-corrected chi connectivity index (χ2v) is 3.68. The summed E-state index contributed by atoms with van der Waals surface area (Å²) in [5.41, 5.74) is 6.69. The van der Waals surface area contributed by atoms with Crippen molar-refractivity contribution in [2.45, 2.75) is 6.92 Å². The molecule has 96 valence electrons. The van der Waals surface area contributed by atoms with E-state index >= 15 is 0 Å². The molecule has 0 aliphatic rings. The third-order valence-electron chi connectivity index (χ3n) is 2.02. The fourth-order valence-corrected chi connectivity index (χ4v) is 1.14. The maximum Gasteiger partial charge on any atom is 0.338 e. The number of anilines is 1. The van der Waals surface area contributed by atoms with Crippen LogP contribution in [0.2, 0.25) is 0 Å². The molecule has 5 nitrogen and oxygen atoms in total. The molecule has 0 bridgehead atoms. The van der Waals surface area contributed by atoms with Crippen molar-refractivity contribution < 1.29 is 19.1 Å². The molecule has 2 N–H and O–H groups in total. The van der Waals surface area contributed by atoms with Gasteiger partial charge in [0.2, 0.25) is 0 Å². The summed E-state index contributed by atoms with van der Waals surface area (Å²) in [5, 5.41) is 0. The summed E-state index contributed by atoms with van der Waals surface area (Å²) in [7, 11) is 0. The monoisotopic (exact) mass is 249 g/mol. The number of hydrogen-bond donors (Lipinski definition) is 1. The Kier molecular flexibility index (Phi) is 4.92. The maximum atomic E-state index is 11.5. The molecular formula is C13H15NO4. The van der Waals surface area contributed by atoms with Crippen LogP contribution in [-0.2, 0) is 14.3 Å². The summed E-state index contributed by atoms with van der Waals surface area (Å²) in [4.78, 5) is 22.6. The average Bonchev–Trinajstić information content (AvgIpc) is 2.33. The summed E-state index contributed by atoms with van der Waals surface area (Å²) in [6.45, 7) is 4.97. The van der Waals surface area contributed by atoms with E-state index in [1.807, 2.05) is 0 Å². The van der Waals surface area contributed by atoms with Crippen molar-refractivity contribution >= 4 is 17.6 Å². The molecule has 0 atom stereocenters. The van der Waals surface area contributed by atoms with Gasteiger partial charge in [-0.15, -0.1) is 0 Å². The minimum atomic E-state index is -0.506. The lowest BCUT2D eigenvalue weighted by Crippen LogP contribution is -2.14. The quantitative estimate of drug-likeness (QED) is 0.370. The van der Waals surface area contributed by atoms with Crippen LogP contribution in [0.3, 0.4) is 0 Å². The summed E-state index contributed by atoms with van der Waals surface area (Å²) in [6, 6.07) is 6.44. The minimum Gasteiger partial charge on any atom is -0.459 e. The molecular weight excluding hydrogens is 234 g/mol. The van der Waals surface area contributed by atoms with Gasteiger partial charge in [0.15, 0.2) is 0 Å². The van der Waals surface area contributed by atoms with Crippen LogP contribution in [-0.4, -0.2) is 25.2 Å². The van der Waals surface area contributed by atoms with Gasteiger partial charge >= 0.3 is 11.9 Å². The fraction of sp³-hybridized carbons (Fsp3) is 0.231. The fourth-order valence-electron chi connectivity index (χ4n) is 1.14. The first-order valence-corrected chi connectivity index (χ1v) is 5.36. The van der Waals surface area contributed by atoms with Gasteiger partial charge in [0, 0.05) is 11.3 Å². The minimum absolute atomic E-state index is 0.000249. The van der Waals surface area contributed by atoms with Crippen molar-refractivity contribution in [3.8, 4) is 0 Å². The number of nitrogen functional groups attached to an aromatic ring is 1. The number of benzene rings is 1. The van der Waals surface area contributed by atoms with Gasteiger partial charge in [-0.2, -0.15) is 0 Å². The summed E-state index contributed by atoms with van der Waals surface area (Å²) in [5.74, 6) is -1.01. The molecule has 1 aromatic carbocycles. The van der Waals surface area contributed by atoms with E-state index in [1.165, 1.54) is 6.07 Å². The number of esters is 2. The predicted octanol–water partition coefficient (Wildman–Crippen LogP) is 1.54. The Balaban J connectivity index is 2.34. The van der Waals surface area contributed by atoms with Gasteiger partial charge in [0.25, 0.3) is 0 Å². The van der Waals surface area contributed by atoms with E-state index in [1.54, 1.807) is 25.1 Å². The SMILES string of the molecule is C=C(C)C(=O)OCCOC(=O)c1cccc(N)c1. The Morgan fingerprint density at radius 3 is 2.56 bits per heavy atom. The van der Waals surface area contributed by atoms with E-state index in [9.17, 15) is 9.59 Å². The number of hydrogen-bond acceptors (Lipinski definition) is 5. The van der Waals surface area contributed by atoms with Gasteiger partial charge < -0.3 is 15.2 Å². The third-order valence-corrected chi connectivity index (χ3v) is 2.02. The highest BCUT2D eigenvalue weighted by Crippen LogP contribution is 2.07. The Labute approximate surface area is 105 Å². The molecule has 0 aromatic heterocycles. The molecule has 0 saturated heterocycles. The zero-order valence-electron chi connectivity index (χ0n) is 10.1. The lowest BCUT2D eigenvalue weighted by molar-refractivity contribution is -0.140. The molecule has 0 saturated carbocycles. The van der Waals surface area contributed by atoms with Crippen LogP contribution in [0.25, 0.3) is 0 Å². The first-order valence-electron chi connectivity index (χ1n) is 5.36. The van der Waals surface area contributed by atoms with Crippen molar-refractivity contribution in [1.29, 1.82) is 0 Å². The van der Waals surface area contributed by atoms with E-state index < -0.39 is 11.9 Å². The van der Waals surface area contributed by atoms with Crippen molar-refractivity contribution in [3.05, 3.63) is 42.0 Å². The summed E-state index contributed by atoms with van der Waals surface area (Å²) >= 11 is 0. The standard InChI is InChI=1S/C13H15NO4/c1-9(2)12(15)17-6-7-18-13(16)10-4-3-5-11(14)8-10/h3-5,8H,1,6-7,14H2,2H3. The van der Waals surface area contributed by atoms with Crippen LogP contribution in [0, 0.1) is 0 Å². The van der Waals surface area contributed by atoms with Gasteiger partial charge in [-0.3, -0.25) is 0 Å². The zero-order valence-corrected chi connectivity index (χ0v) is 10.1. The van der Waals surface area contributed by atoms with Gasteiger partial charge in [0.05, 0.1) is 5.56 Å². The van der Waals surface area contributed by atoms with Crippen molar-refractivity contribution in [1.82, 2.24) is 0 Å². The highest BCUT2D eigenvalue weighted by molar-refractivity contribution is 5.90. The van der Waals surface area contributed by atoms with Crippen LogP contribution < -0.4 is 5.73 Å². The molecule has 0 unspecified atom stereocenters. The van der Waals surface area contributed by atoms with Crippen molar-refractivity contribution in [3.63, 3.8) is 0 Å². The largest absolute Gasteiger partial charge is 0.459 e. The van der Waals surface area contributed by atoms with Crippen LogP contribution in [0.15, 0.2) is 36.4 Å². The van der Waals surface area contributed by atoms with E-state index in [-0.39, 0.29) is 13.2 Å². The zero-order chi connectivity index (χ0) is 13.5. The van der Waals surface area contributed by atoms with E-state index in [4.69, 9.17) is 15.2 Å². The topological polar surface area (TPSA) is 78.6 Å². The van der Waals surface area contributed by atoms with Crippen LogP contribution in [0.4, 0.5) is 5.69 Å². The van der Waals surface area contributed by atoms with Crippen molar-refractivity contribution in [2.24, 2.45) is 0 Å². The molecule has 0 radical (unpaired) electrons. The van der Waals surface area contributed by atoms with Crippen molar-refractivity contribution in [2.75, 3.05) is 18.9 Å². The summed E-state index contributed by atoms with van der Waals surface area (Å²) in [6.07, 6.45) is 0. The Morgan fingerprint density at radius 2 is 1.94 bits per heavy atom. The Hall–Kier alpha value is -2.30. The van der Waals surface area contributed by atoms with Gasteiger partial charge in [-0.05, 0) is 25.1 Å². The maximum absolute atomic E-state index is 11.5. The molecule has 0 heterocycles. The molecule has 0 aliphatic carbocycles.